The van der Waals surface area contributed by atoms with Crippen molar-refractivity contribution in [2.75, 3.05) is 6.61 Å². The van der Waals surface area contributed by atoms with Crippen LogP contribution in [0.15, 0.2) is 24.3 Å². The van der Waals surface area contributed by atoms with Crippen molar-refractivity contribution in [2.45, 2.75) is 59.3 Å². The number of hydrogen-bond acceptors (Lipinski definition) is 3. The van der Waals surface area contributed by atoms with E-state index in [1.165, 1.54) is 32.6 Å². The van der Waals surface area contributed by atoms with Gasteiger partial charge < -0.3 is 10.5 Å². The van der Waals surface area contributed by atoms with Crippen LogP contribution in [0.25, 0.3) is 0 Å². The Bertz CT molecular complexity index is 444. The zero-order valence-electron chi connectivity index (χ0n) is 14.1. The molecule has 0 saturated carbocycles. The SMILES string of the molecule is CCCCCCCOC(C)=O.CCc1cccc(C(N)=O)c1. The lowest BCUT2D eigenvalue weighted by atomic mass is 10.1. The van der Waals surface area contributed by atoms with Crippen LogP contribution in [-0.4, -0.2) is 18.5 Å². The number of amides is 1. The number of carbonyl (C=O) groups excluding carboxylic acids is 2. The van der Waals surface area contributed by atoms with Crippen LogP contribution in [0, 0.1) is 0 Å². The molecule has 0 aliphatic heterocycles. The zero-order valence-corrected chi connectivity index (χ0v) is 14.1. The van der Waals surface area contributed by atoms with E-state index in [9.17, 15) is 9.59 Å². The average molecular weight is 307 g/mol. The Morgan fingerprint density at radius 1 is 1.09 bits per heavy atom. The van der Waals surface area contributed by atoms with Crippen LogP contribution in [0.2, 0.25) is 0 Å². The highest BCUT2D eigenvalue weighted by Crippen LogP contribution is 2.04. The molecule has 0 spiro atoms. The molecule has 0 aromatic heterocycles. The Morgan fingerprint density at radius 3 is 2.32 bits per heavy atom. The molecular formula is C18H29NO3. The van der Waals surface area contributed by atoms with Crippen LogP contribution in [-0.2, 0) is 16.0 Å². The summed E-state index contributed by atoms with van der Waals surface area (Å²) in [7, 11) is 0. The van der Waals surface area contributed by atoms with Crippen LogP contribution in [0.1, 0.15) is 68.8 Å². The molecule has 1 rings (SSSR count). The van der Waals surface area contributed by atoms with Gasteiger partial charge in [0.1, 0.15) is 0 Å². The Kier molecular flexibility index (Phi) is 11.8. The molecule has 0 fully saturated rings. The molecule has 0 aliphatic carbocycles. The van der Waals surface area contributed by atoms with Crippen molar-refractivity contribution in [2.24, 2.45) is 5.73 Å². The number of ether oxygens (including phenoxy) is 1. The number of nitrogens with two attached hydrogens (primary N) is 1. The molecule has 0 aliphatic rings. The molecule has 4 nitrogen and oxygen atoms in total. The Hall–Kier alpha value is -1.84. The molecule has 2 N–H and O–H groups in total. The van der Waals surface area contributed by atoms with E-state index in [2.05, 4.69) is 6.92 Å². The lowest BCUT2D eigenvalue weighted by molar-refractivity contribution is -0.141. The van der Waals surface area contributed by atoms with E-state index in [1.807, 2.05) is 25.1 Å². The highest BCUT2D eigenvalue weighted by atomic mass is 16.5. The van der Waals surface area contributed by atoms with E-state index in [0.717, 1.165) is 18.4 Å². The van der Waals surface area contributed by atoms with Gasteiger partial charge in [-0.3, -0.25) is 9.59 Å². The minimum atomic E-state index is -0.361. The van der Waals surface area contributed by atoms with Crippen LogP contribution < -0.4 is 5.73 Å². The molecule has 1 amide bonds. The van der Waals surface area contributed by atoms with Crippen LogP contribution in [0.4, 0.5) is 0 Å². The van der Waals surface area contributed by atoms with Crippen molar-refractivity contribution < 1.29 is 14.3 Å². The summed E-state index contributed by atoms with van der Waals surface area (Å²) in [4.78, 5) is 21.0. The Morgan fingerprint density at radius 2 is 1.77 bits per heavy atom. The predicted octanol–water partition coefficient (Wildman–Crippen LogP) is 3.87. The fraction of sp³-hybridized carbons (Fsp3) is 0.556. The summed E-state index contributed by atoms with van der Waals surface area (Å²) in [5.74, 6) is -0.527. The minimum Gasteiger partial charge on any atom is -0.466 e. The maximum atomic E-state index is 10.7. The van der Waals surface area contributed by atoms with E-state index >= 15 is 0 Å². The first-order valence-electron chi connectivity index (χ1n) is 8.03. The summed E-state index contributed by atoms with van der Waals surface area (Å²) in [6, 6.07) is 7.37. The molecule has 1 aromatic rings. The first kappa shape index (κ1) is 20.2. The summed E-state index contributed by atoms with van der Waals surface area (Å²) in [6.07, 6.45) is 6.94. The lowest BCUT2D eigenvalue weighted by Crippen LogP contribution is -2.10. The standard InChI is InChI=1S/C9H11NO.C9H18O2/c1-2-7-4-3-5-8(6-7)9(10)11;1-3-4-5-6-7-8-11-9(2)10/h3-6H,2H2,1H3,(H2,10,11);3-8H2,1-2H3. The van der Waals surface area contributed by atoms with Crippen LogP contribution in [0.3, 0.4) is 0 Å². The van der Waals surface area contributed by atoms with Crippen molar-refractivity contribution in [1.82, 2.24) is 0 Å². The molecule has 0 unspecified atom stereocenters. The van der Waals surface area contributed by atoms with Crippen LogP contribution >= 0.6 is 0 Å². The van der Waals surface area contributed by atoms with E-state index in [0.29, 0.717) is 12.2 Å². The van der Waals surface area contributed by atoms with Gasteiger partial charge in [-0.15, -0.1) is 0 Å². The summed E-state index contributed by atoms with van der Waals surface area (Å²) in [5.41, 5.74) is 6.83. The molecule has 4 heteroatoms. The van der Waals surface area contributed by atoms with Crippen molar-refractivity contribution in [3.8, 4) is 0 Å². The monoisotopic (exact) mass is 307 g/mol. The largest absolute Gasteiger partial charge is 0.466 e. The van der Waals surface area contributed by atoms with Gasteiger partial charge in [-0.2, -0.15) is 0 Å². The highest BCUT2D eigenvalue weighted by molar-refractivity contribution is 5.92. The maximum Gasteiger partial charge on any atom is 0.302 e. The van der Waals surface area contributed by atoms with E-state index < -0.39 is 0 Å². The molecule has 0 bridgehead atoms. The predicted molar refractivity (Wildman–Crippen MR) is 89.7 cm³/mol. The Labute approximate surface area is 134 Å². The second-order valence-corrected chi connectivity index (χ2v) is 5.17. The quantitative estimate of drug-likeness (QED) is 0.585. The van der Waals surface area contributed by atoms with E-state index in [-0.39, 0.29) is 11.9 Å². The van der Waals surface area contributed by atoms with Gasteiger partial charge in [0.2, 0.25) is 5.91 Å². The summed E-state index contributed by atoms with van der Waals surface area (Å²) < 4.78 is 4.78. The van der Waals surface area contributed by atoms with Gasteiger partial charge in [0.25, 0.3) is 0 Å². The van der Waals surface area contributed by atoms with Gasteiger partial charge in [0.15, 0.2) is 0 Å². The molecule has 0 radical (unpaired) electrons. The number of benzene rings is 1. The van der Waals surface area contributed by atoms with Gasteiger partial charge in [0, 0.05) is 12.5 Å². The fourth-order valence-corrected chi connectivity index (χ4v) is 1.87. The third-order valence-corrected chi connectivity index (χ3v) is 3.17. The second-order valence-electron chi connectivity index (χ2n) is 5.17. The molecule has 0 atom stereocenters. The number of primary amides is 1. The number of hydrogen-bond donors (Lipinski definition) is 1. The molecule has 0 saturated heterocycles. The number of aryl methyl sites for hydroxylation is 1. The van der Waals surface area contributed by atoms with Crippen molar-refractivity contribution >= 4 is 11.9 Å². The molecular weight excluding hydrogens is 278 g/mol. The molecule has 0 heterocycles. The zero-order chi connectivity index (χ0) is 16.8. The summed E-state index contributed by atoms with van der Waals surface area (Å²) >= 11 is 0. The fourth-order valence-electron chi connectivity index (χ4n) is 1.87. The van der Waals surface area contributed by atoms with Crippen molar-refractivity contribution in [1.29, 1.82) is 0 Å². The minimum absolute atomic E-state index is 0.166. The average Bonchev–Trinajstić information content (AvgIpc) is 2.51. The van der Waals surface area contributed by atoms with Gasteiger partial charge in [-0.25, -0.2) is 0 Å². The molecule has 22 heavy (non-hydrogen) atoms. The lowest BCUT2D eigenvalue weighted by Gasteiger charge is -2.00. The van der Waals surface area contributed by atoms with Gasteiger partial charge in [0.05, 0.1) is 6.61 Å². The number of rotatable bonds is 8. The van der Waals surface area contributed by atoms with E-state index in [4.69, 9.17) is 10.5 Å². The van der Waals surface area contributed by atoms with Gasteiger partial charge in [-0.1, -0.05) is 51.7 Å². The van der Waals surface area contributed by atoms with Crippen molar-refractivity contribution in [3.05, 3.63) is 35.4 Å². The first-order valence-corrected chi connectivity index (χ1v) is 8.03. The third-order valence-electron chi connectivity index (χ3n) is 3.17. The van der Waals surface area contributed by atoms with Gasteiger partial charge >= 0.3 is 5.97 Å². The number of esters is 1. The van der Waals surface area contributed by atoms with E-state index in [1.54, 1.807) is 6.07 Å². The number of carbonyl (C=O) groups is 2. The highest BCUT2D eigenvalue weighted by Gasteiger charge is 1.98. The van der Waals surface area contributed by atoms with Crippen LogP contribution in [0.5, 0.6) is 0 Å². The third kappa shape index (κ3) is 10.9. The van der Waals surface area contributed by atoms with Gasteiger partial charge in [-0.05, 0) is 30.5 Å². The van der Waals surface area contributed by atoms with Crippen molar-refractivity contribution in [3.63, 3.8) is 0 Å². The maximum absolute atomic E-state index is 10.7. The number of unbranched alkanes of at least 4 members (excludes halogenated alkanes) is 4. The Balaban J connectivity index is 0.000000401. The normalized spacial score (nSPS) is 9.59. The summed E-state index contributed by atoms with van der Waals surface area (Å²) in [6.45, 7) is 6.28. The smallest absolute Gasteiger partial charge is 0.302 e. The topological polar surface area (TPSA) is 69.4 Å². The summed E-state index contributed by atoms with van der Waals surface area (Å²) in [5, 5.41) is 0. The first-order chi connectivity index (χ1) is 10.5. The molecule has 124 valence electrons. The second kappa shape index (κ2) is 12.9. The molecule has 1 aromatic carbocycles.